The first-order chi connectivity index (χ1) is 12.8. The molecule has 5 rings (SSSR count). The molecular weight excluding hydrogens is 450 g/mol. The van der Waals surface area contributed by atoms with Gasteiger partial charge in [-0.05, 0) is 0 Å². The Kier molecular flexibility index (Phi) is 4.11. The Balaban J connectivity index is 1.86. The minimum absolute atomic E-state index is 0.394. The zero-order chi connectivity index (χ0) is 17.5. The van der Waals surface area contributed by atoms with E-state index in [0.717, 1.165) is 5.75 Å². The van der Waals surface area contributed by atoms with Gasteiger partial charge in [0.1, 0.15) is 0 Å². The Morgan fingerprint density at radius 1 is 0.692 bits per heavy atom. The monoisotopic (exact) mass is 468 g/mol. The summed E-state index contributed by atoms with van der Waals surface area (Å²) in [6, 6.07) is 28.4. The summed E-state index contributed by atoms with van der Waals surface area (Å²) in [6.07, 6.45) is 0. The van der Waals surface area contributed by atoms with Crippen molar-refractivity contribution in [1.82, 2.24) is 0 Å². The van der Waals surface area contributed by atoms with Crippen LogP contribution in [0.3, 0.4) is 0 Å². The van der Waals surface area contributed by atoms with Gasteiger partial charge in [0.2, 0.25) is 0 Å². The molecule has 0 radical (unpaired) electrons. The summed E-state index contributed by atoms with van der Waals surface area (Å²) in [5.41, 5.74) is 4.09. The van der Waals surface area contributed by atoms with Gasteiger partial charge in [0.25, 0.3) is 0 Å². The van der Waals surface area contributed by atoms with Gasteiger partial charge in [-0.3, -0.25) is 0 Å². The van der Waals surface area contributed by atoms with Crippen molar-refractivity contribution in [2.45, 2.75) is 0 Å². The van der Waals surface area contributed by atoms with E-state index in [4.69, 9.17) is 4.74 Å². The maximum atomic E-state index is 5.37. The normalized spacial score (nSPS) is 11.3. The van der Waals surface area contributed by atoms with Crippen LogP contribution in [0.5, 0.6) is 5.75 Å². The molecule has 2 heterocycles. The summed E-state index contributed by atoms with van der Waals surface area (Å²) in [4.78, 5) is 0. The van der Waals surface area contributed by atoms with E-state index in [0.29, 0.717) is 29.0 Å². The van der Waals surface area contributed by atoms with Crippen LogP contribution in [0.15, 0.2) is 78.9 Å². The van der Waals surface area contributed by atoms with Gasteiger partial charge in [0.15, 0.2) is 0 Å². The third-order valence-corrected chi connectivity index (χ3v) is 10.7. The molecule has 0 N–H and O–H groups in total. The van der Waals surface area contributed by atoms with Crippen molar-refractivity contribution in [1.29, 1.82) is 0 Å². The van der Waals surface area contributed by atoms with Crippen LogP contribution in [0, 0.1) is 0 Å². The zero-order valence-corrected chi connectivity index (χ0v) is 17.7. The van der Waals surface area contributed by atoms with Gasteiger partial charge in [0, 0.05) is 0 Å². The molecule has 3 aromatic carbocycles. The molecule has 2 aromatic heterocycles. The second-order valence-electron chi connectivity index (χ2n) is 6.16. The number of benzene rings is 3. The van der Waals surface area contributed by atoms with E-state index >= 15 is 0 Å². The quantitative estimate of drug-likeness (QED) is 0.322. The number of hydrogen-bond acceptors (Lipinski definition) is 1. The fourth-order valence-electron chi connectivity index (χ4n) is 3.41. The number of hydrogen-bond donors (Lipinski definition) is 0. The Hall–Kier alpha value is -2.02. The number of fused-ring (bicyclic) bond motifs is 3. The summed E-state index contributed by atoms with van der Waals surface area (Å²) in [7, 11) is 1.72. The molecule has 0 fully saturated rings. The molecule has 0 aliphatic rings. The second-order valence-corrected chi connectivity index (χ2v) is 11.8. The molecule has 0 aliphatic carbocycles. The average Bonchev–Trinajstić information content (AvgIpc) is 3.25. The minimum atomic E-state index is 0.394. The Labute approximate surface area is 164 Å². The van der Waals surface area contributed by atoms with Crippen LogP contribution < -0.4 is 4.74 Å². The fourth-order valence-corrected chi connectivity index (χ4v) is 10.1. The summed E-state index contributed by atoms with van der Waals surface area (Å²) in [5.74, 6) is 0.907. The van der Waals surface area contributed by atoms with Gasteiger partial charge in [-0.15, -0.1) is 0 Å². The van der Waals surface area contributed by atoms with Crippen LogP contribution in [-0.2, 0) is 0 Å². The van der Waals surface area contributed by atoms with Crippen LogP contribution >= 0.6 is 0 Å². The van der Waals surface area contributed by atoms with Crippen LogP contribution in [0.1, 0.15) is 0 Å². The number of methoxy groups -OCH3 is 1. The Morgan fingerprint density at radius 2 is 1.42 bits per heavy atom. The number of ether oxygens (including phenoxy) is 1. The van der Waals surface area contributed by atoms with Crippen molar-refractivity contribution in [3.8, 4) is 26.9 Å². The molecule has 0 aliphatic heterocycles. The van der Waals surface area contributed by atoms with E-state index in [1.165, 1.54) is 36.2 Å². The summed E-state index contributed by atoms with van der Waals surface area (Å²) >= 11 is 0.852. The van der Waals surface area contributed by atoms with Gasteiger partial charge in [-0.1, -0.05) is 0 Å². The SMILES string of the molecule is COc1ccc(-c2c(-c3ccccc3)[se]c3[se]c4ccccc4c23)cc1. The van der Waals surface area contributed by atoms with E-state index in [2.05, 4.69) is 78.9 Å². The molecule has 0 saturated carbocycles. The van der Waals surface area contributed by atoms with Crippen molar-refractivity contribution >= 4 is 47.2 Å². The Morgan fingerprint density at radius 3 is 2.19 bits per heavy atom. The number of rotatable bonds is 3. The molecule has 126 valence electrons. The van der Waals surface area contributed by atoms with Crippen molar-refractivity contribution in [2.75, 3.05) is 7.11 Å². The molecule has 26 heavy (non-hydrogen) atoms. The third-order valence-electron chi connectivity index (χ3n) is 4.65. The van der Waals surface area contributed by atoms with Crippen LogP contribution in [0.4, 0.5) is 0 Å². The first-order valence-electron chi connectivity index (χ1n) is 8.49. The molecule has 0 amide bonds. The molecule has 3 heteroatoms. The van der Waals surface area contributed by atoms with Crippen LogP contribution in [-0.4, -0.2) is 36.1 Å². The molecule has 0 saturated heterocycles. The first-order valence-corrected chi connectivity index (χ1v) is 11.9. The van der Waals surface area contributed by atoms with Crippen LogP contribution in [0.25, 0.3) is 39.3 Å². The van der Waals surface area contributed by atoms with Gasteiger partial charge in [-0.25, -0.2) is 0 Å². The van der Waals surface area contributed by atoms with Crippen molar-refractivity contribution in [3.63, 3.8) is 0 Å². The van der Waals surface area contributed by atoms with E-state index in [9.17, 15) is 0 Å². The summed E-state index contributed by atoms with van der Waals surface area (Å²) in [5, 5.41) is 2.95. The molecule has 0 unspecified atom stereocenters. The van der Waals surface area contributed by atoms with E-state index in [1.54, 1.807) is 10.2 Å². The molecule has 0 bridgehead atoms. The van der Waals surface area contributed by atoms with Gasteiger partial charge in [-0.2, -0.15) is 0 Å². The standard InChI is InChI=1S/C23H16OSe2/c1-24-17-13-11-15(12-14-17)20-21-18-9-5-6-10-19(18)25-23(21)26-22(20)16-7-3-2-4-8-16/h2-14H,1H3. The topological polar surface area (TPSA) is 9.23 Å². The van der Waals surface area contributed by atoms with Gasteiger partial charge in [0.05, 0.1) is 0 Å². The fraction of sp³-hybridized carbons (Fsp3) is 0.0435. The van der Waals surface area contributed by atoms with Crippen molar-refractivity contribution in [2.24, 2.45) is 0 Å². The van der Waals surface area contributed by atoms with Crippen LogP contribution in [0.2, 0.25) is 0 Å². The molecular formula is C23H16OSe2. The van der Waals surface area contributed by atoms with E-state index in [-0.39, 0.29) is 0 Å². The first kappa shape index (κ1) is 16.2. The van der Waals surface area contributed by atoms with E-state index < -0.39 is 0 Å². The van der Waals surface area contributed by atoms with Crippen molar-refractivity contribution < 1.29 is 4.74 Å². The zero-order valence-electron chi connectivity index (χ0n) is 14.2. The predicted octanol–water partition coefficient (Wildman–Crippen LogP) is 5.45. The van der Waals surface area contributed by atoms with Crippen molar-refractivity contribution in [3.05, 3.63) is 78.9 Å². The van der Waals surface area contributed by atoms with E-state index in [1.807, 2.05) is 0 Å². The summed E-state index contributed by atoms with van der Waals surface area (Å²) in [6.45, 7) is 0. The molecule has 5 aromatic rings. The average molecular weight is 466 g/mol. The third kappa shape index (κ3) is 2.60. The molecule has 0 atom stereocenters. The Bertz CT molecular complexity index is 1200. The molecule has 0 spiro atoms. The second kappa shape index (κ2) is 6.61. The summed E-state index contributed by atoms with van der Waals surface area (Å²) < 4.78 is 10.1. The molecule has 1 nitrogen and oxygen atoms in total. The maximum absolute atomic E-state index is 5.37. The predicted molar refractivity (Wildman–Crippen MR) is 113 cm³/mol. The van der Waals surface area contributed by atoms with Gasteiger partial charge < -0.3 is 0 Å². The van der Waals surface area contributed by atoms with Gasteiger partial charge >= 0.3 is 165 Å².